The number of ether oxygens (including phenoxy) is 1. The molecule has 31 heavy (non-hydrogen) atoms. The number of aliphatic imine (C=N–C) groups is 1. The summed E-state index contributed by atoms with van der Waals surface area (Å²) in [6.45, 7) is 6.95. The number of nitrogens with zero attached hydrogens (tertiary/aromatic N) is 3. The molecule has 1 aliphatic heterocycles. The van der Waals surface area contributed by atoms with Crippen LogP contribution in [-0.2, 0) is 14.8 Å². The van der Waals surface area contributed by atoms with Gasteiger partial charge in [0.25, 0.3) is 0 Å². The molecule has 1 atom stereocenters. The molecular formula is C20H35FIN5O3S. The first-order valence-electron chi connectivity index (χ1n) is 10.3. The molecule has 1 aromatic carbocycles. The van der Waals surface area contributed by atoms with Gasteiger partial charge < -0.3 is 15.4 Å². The fraction of sp³-hybridized carbons (Fsp3) is 0.650. The lowest BCUT2D eigenvalue weighted by atomic mass is 10.0. The van der Waals surface area contributed by atoms with Gasteiger partial charge in [0.15, 0.2) is 5.96 Å². The van der Waals surface area contributed by atoms with Gasteiger partial charge in [0, 0.05) is 46.3 Å². The van der Waals surface area contributed by atoms with Gasteiger partial charge in [-0.25, -0.2) is 17.1 Å². The van der Waals surface area contributed by atoms with Crippen LogP contribution in [0.4, 0.5) is 4.39 Å². The van der Waals surface area contributed by atoms with Crippen molar-refractivity contribution in [2.45, 2.75) is 19.4 Å². The lowest BCUT2D eigenvalue weighted by Crippen LogP contribution is -2.46. The van der Waals surface area contributed by atoms with Crippen molar-refractivity contribution in [1.82, 2.24) is 19.8 Å². The topological polar surface area (TPSA) is 86.3 Å². The monoisotopic (exact) mass is 571 g/mol. The van der Waals surface area contributed by atoms with Gasteiger partial charge >= 0.3 is 0 Å². The first-order chi connectivity index (χ1) is 14.3. The fourth-order valence-electron chi connectivity index (χ4n) is 3.47. The molecule has 0 saturated carbocycles. The number of hydrogen-bond acceptors (Lipinski definition) is 5. The molecule has 1 heterocycles. The number of hydrogen-bond donors (Lipinski definition) is 2. The van der Waals surface area contributed by atoms with E-state index in [1.807, 2.05) is 19.1 Å². The largest absolute Gasteiger partial charge is 0.379 e. The van der Waals surface area contributed by atoms with Crippen LogP contribution in [0.1, 0.15) is 24.9 Å². The van der Waals surface area contributed by atoms with Gasteiger partial charge in [-0.1, -0.05) is 19.1 Å². The second kappa shape index (κ2) is 14.2. The summed E-state index contributed by atoms with van der Waals surface area (Å²) in [5.74, 6) is 0.401. The maximum absolute atomic E-state index is 13.4. The Morgan fingerprint density at radius 3 is 2.45 bits per heavy atom. The fourth-order valence-corrected chi connectivity index (χ4v) is 4.40. The molecule has 1 unspecified atom stereocenters. The van der Waals surface area contributed by atoms with Crippen molar-refractivity contribution in [2.24, 2.45) is 4.99 Å². The van der Waals surface area contributed by atoms with Crippen LogP contribution in [0.2, 0.25) is 0 Å². The molecule has 0 amide bonds. The SMILES string of the molecule is CCN(CCCNC(=NC)NCC(c1ccc(F)cc1)N1CCOCC1)S(C)(=O)=O.I. The summed E-state index contributed by atoms with van der Waals surface area (Å²) in [5.41, 5.74) is 1.04. The zero-order valence-electron chi connectivity index (χ0n) is 18.5. The van der Waals surface area contributed by atoms with Crippen molar-refractivity contribution in [3.8, 4) is 0 Å². The molecule has 0 aromatic heterocycles. The molecule has 11 heteroatoms. The molecule has 2 N–H and O–H groups in total. The van der Waals surface area contributed by atoms with E-state index in [-0.39, 0.29) is 35.8 Å². The number of nitrogens with one attached hydrogen (secondary N) is 2. The van der Waals surface area contributed by atoms with Gasteiger partial charge in [0.05, 0.1) is 25.5 Å². The third-order valence-electron chi connectivity index (χ3n) is 5.13. The number of benzene rings is 1. The molecule has 0 bridgehead atoms. The lowest BCUT2D eigenvalue weighted by Gasteiger charge is -2.35. The maximum atomic E-state index is 13.4. The Balaban J connectivity index is 0.00000480. The highest BCUT2D eigenvalue weighted by atomic mass is 127. The van der Waals surface area contributed by atoms with Crippen LogP contribution < -0.4 is 10.6 Å². The Bertz CT molecular complexity index is 774. The minimum Gasteiger partial charge on any atom is -0.379 e. The zero-order chi connectivity index (χ0) is 22.0. The molecule has 0 spiro atoms. The number of guanidine groups is 1. The predicted octanol–water partition coefficient (Wildman–Crippen LogP) is 1.65. The molecule has 178 valence electrons. The second-order valence-corrected chi connectivity index (χ2v) is 9.19. The predicted molar refractivity (Wildman–Crippen MR) is 133 cm³/mol. The minimum absolute atomic E-state index is 0. The van der Waals surface area contributed by atoms with Crippen LogP contribution in [0, 0.1) is 5.82 Å². The highest BCUT2D eigenvalue weighted by molar-refractivity contribution is 14.0. The van der Waals surface area contributed by atoms with Crippen LogP contribution in [0.5, 0.6) is 0 Å². The highest BCUT2D eigenvalue weighted by Gasteiger charge is 2.23. The van der Waals surface area contributed by atoms with E-state index in [4.69, 9.17) is 4.74 Å². The Hall–Kier alpha value is -1.02. The third kappa shape index (κ3) is 9.56. The van der Waals surface area contributed by atoms with Gasteiger partial charge in [-0.2, -0.15) is 0 Å². The van der Waals surface area contributed by atoms with Crippen molar-refractivity contribution in [3.63, 3.8) is 0 Å². The number of rotatable bonds is 10. The molecule has 1 aliphatic rings. The summed E-state index contributed by atoms with van der Waals surface area (Å²) in [7, 11) is -1.47. The summed E-state index contributed by atoms with van der Waals surface area (Å²) >= 11 is 0. The molecule has 0 radical (unpaired) electrons. The quantitative estimate of drug-likeness (QED) is 0.192. The van der Waals surface area contributed by atoms with E-state index in [0.717, 1.165) is 18.7 Å². The Morgan fingerprint density at radius 2 is 1.90 bits per heavy atom. The van der Waals surface area contributed by atoms with E-state index in [1.165, 1.54) is 22.7 Å². The first-order valence-corrected chi connectivity index (χ1v) is 12.2. The average molecular weight is 572 g/mol. The molecule has 8 nitrogen and oxygen atoms in total. The maximum Gasteiger partial charge on any atom is 0.211 e. The highest BCUT2D eigenvalue weighted by Crippen LogP contribution is 2.21. The third-order valence-corrected chi connectivity index (χ3v) is 6.50. The van der Waals surface area contributed by atoms with Crippen molar-refractivity contribution < 1.29 is 17.5 Å². The smallest absolute Gasteiger partial charge is 0.211 e. The van der Waals surface area contributed by atoms with Crippen LogP contribution >= 0.6 is 24.0 Å². The van der Waals surface area contributed by atoms with Gasteiger partial charge in [-0.3, -0.25) is 9.89 Å². The van der Waals surface area contributed by atoms with Crippen LogP contribution in [-0.4, -0.2) is 89.4 Å². The lowest BCUT2D eigenvalue weighted by molar-refractivity contribution is 0.0170. The number of morpholine rings is 1. The van der Waals surface area contributed by atoms with E-state index in [9.17, 15) is 12.8 Å². The Morgan fingerprint density at radius 1 is 1.26 bits per heavy atom. The molecule has 1 aromatic rings. The minimum atomic E-state index is -3.17. The normalized spacial score (nSPS) is 16.6. The summed E-state index contributed by atoms with van der Waals surface area (Å²) in [4.78, 5) is 6.58. The van der Waals surface area contributed by atoms with Crippen molar-refractivity contribution in [3.05, 3.63) is 35.6 Å². The number of sulfonamides is 1. The van der Waals surface area contributed by atoms with Crippen molar-refractivity contribution >= 4 is 40.0 Å². The van der Waals surface area contributed by atoms with Crippen molar-refractivity contribution in [2.75, 3.05) is 65.8 Å². The zero-order valence-corrected chi connectivity index (χ0v) is 21.7. The summed E-state index contributed by atoms with van der Waals surface area (Å²) < 4.78 is 43.6. The van der Waals surface area contributed by atoms with Crippen LogP contribution in [0.3, 0.4) is 0 Å². The van der Waals surface area contributed by atoms with Crippen molar-refractivity contribution in [1.29, 1.82) is 0 Å². The molecule has 1 fully saturated rings. The second-order valence-electron chi connectivity index (χ2n) is 7.20. The standard InChI is InChI=1S/C20H34FN5O3S.HI/c1-4-26(30(3,27)28)11-5-10-23-20(22-2)24-16-19(25-12-14-29-15-13-25)17-6-8-18(21)9-7-17;/h6-9,19H,4-5,10-16H2,1-3H3,(H2,22,23,24);1H. The molecule has 0 aliphatic carbocycles. The summed E-state index contributed by atoms with van der Waals surface area (Å²) in [6, 6.07) is 6.66. The van der Waals surface area contributed by atoms with E-state index >= 15 is 0 Å². The van der Waals surface area contributed by atoms with Gasteiger partial charge in [0.2, 0.25) is 10.0 Å². The summed E-state index contributed by atoms with van der Waals surface area (Å²) in [5, 5.41) is 6.58. The van der Waals surface area contributed by atoms with Gasteiger partial charge in [0.1, 0.15) is 5.82 Å². The van der Waals surface area contributed by atoms with E-state index in [0.29, 0.717) is 51.8 Å². The van der Waals surface area contributed by atoms with E-state index in [1.54, 1.807) is 7.05 Å². The Kier molecular flexibility index (Phi) is 12.8. The summed E-state index contributed by atoms with van der Waals surface area (Å²) in [6.07, 6.45) is 1.90. The van der Waals surface area contributed by atoms with Crippen LogP contribution in [0.25, 0.3) is 0 Å². The van der Waals surface area contributed by atoms with Gasteiger partial charge in [-0.15, -0.1) is 24.0 Å². The average Bonchev–Trinajstić information content (AvgIpc) is 2.73. The first kappa shape index (κ1) is 28.0. The van der Waals surface area contributed by atoms with Gasteiger partial charge in [-0.05, 0) is 24.1 Å². The van der Waals surface area contributed by atoms with E-state index in [2.05, 4.69) is 20.5 Å². The van der Waals surface area contributed by atoms with Crippen LogP contribution in [0.15, 0.2) is 29.3 Å². The molecular weight excluding hydrogens is 536 g/mol. The molecule has 1 saturated heterocycles. The Labute approximate surface area is 202 Å². The van der Waals surface area contributed by atoms with E-state index < -0.39 is 10.0 Å². The number of halogens is 2. The molecule has 2 rings (SSSR count).